The number of imidazole rings is 1. The molecule has 0 saturated carbocycles. The smallest absolute Gasteiger partial charge is 0.243 e. The second-order valence-electron chi connectivity index (χ2n) is 7.74. The van der Waals surface area contributed by atoms with Crippen molar-refractivity contribution in [2.45, 2.75) is 55.6 Å². The Hall–Kier alpha value is -2.60. The van der Waals surface area contributed by atoms with Gasteiger partial charge in [0.1, 0.15) is 0 Å². The summed E-state index contributed by atoms with van der Waals surface area (Å²) in [5.74, 6) is -0.0346. The molecule has 1 saturated heterocycles. The van der Waals surface area contributed by atoms with Gasteiger partial charge in [-0.3, -0.25) is 4.79 Å². The minimum Gasteiger partial charge on any atom is -0.340 e. The minimum atomic E-state index is -3.55. The second kappa shape index (κ2) is 11.5. The molecule has 9 nitrogen and oxygen atoms in total. The fourth-order valence-corrected chi connectivity index (χ4v) is 6.39. The van der Waals surface area contributed by atoms with E-state index in [1.54, 1.807) is 22.5 Å². The highest BCUT2D eigenvalue weighted by molar-refractivity contribution is 7.99. The van der Waals surface area contributed by atoms with Gasteiger partial charge >= 0.3 is 0 Å². The van der Waals surface area contributed by atoms with Crippen molar-refractivity contribution in [2.75, 3.05) is 31.9 Å². The van der Waals surface area contributed by atoms with E-state index in [0.29, 0.717) is 43.4 Å². The van der Waals surface area contributed by atoms with Crippen molar-refractivity contribution in [3.8, 4) is 12.1 Å². The lowest BCUT2D eigenvalue weighted by atomic mass is 10.2. The fourth-order valence-electron chi connectivity index (χ4n) is 3.87. The van der Waals surface area contributed by atoms with E-state index in [9.17, 15) is 13.2 Å². The van der Waals surface area contributed by atoms with Crippen LogP contribution in [-0.4, -0.2) is 65.0 Å². The predicted octanol–water partition coefficient (Wildman–Crippen LogP) is 2.98. The van der Waals surface area contributed by atoms with Crippen molar-refractivity contribution in [1.82, 2.24) is 18.8 Å². The van der Waals surface area contributed by atoms with Crippen molar-refractivity contribution < 1.29 is 13.2 Å². The van der Waals surface area contributed by atoms with Crippen LogP contribution in [0.2, 0.25) is 0 Å². The number of rotatable bonds is 10. The summed E-state index contributed by atoms with van der Waals surface area (Å²) in [6.07, 6.45) is 3.23. The molecule has 1 aliphatic rings. The number of nitrogens with zero attached hydrogens (tertiary/aromatic N) is 6. The van der Waals surface area contributed by atoms with E-state index in [2.05, 4.69) is 4.98 Å². The first-order chi connectivity index (χ1) is 15.9. The van der Waals surface area contributed by atoms with E-state index in [-0.39, 0.29) is 29.4 Å². The lowest BCUT2D eigenvalue weighted by molar-refractivity contribution is -0.128. The maximum Gasteiger partial charge on any atom is 0.243 e. The van der Waals surface area contributed by atoms with Crippen molar-refractivity contribution in [1.29, 1.82) is 10.5 Å². The number of piperidine rings is 1. The van der Waals surface area contributed by atoms with Gasteiger partial charge in [0.05, 0.1) is 46.7 Å². The molecule has 33 heavy (non-hydrogen) atoms. The zero-order valence-electron chi connectivity index (χ0n) is 18.7. The van der Waals surface area contributed by atoms with Gasteiger partial charge in [-0.1, -0.05) is 18.2 Å². The molecule has 0 atom stereocenters. The average molecular weight is 489 g/mol. The first-order valence-electron chi connectivity index (χ1n) is 11.1. The van der Waals surface area contributed by atoms with Crippen LogP contribution in [-0.2, 0) is 21.4 Å². The Balaban J connectivity index is 1.80. The zero-order chi connectivity index (χ0) is 23.8. The zero-order valence-corrected chi connectivity index (χ0v) is 20.4. The van der Waals surface area contributed by atoms with Gasteiger partial charge in [0.15, 0.2) is 5.16 Å². The third-order valence-corrected chi connectivity index (χ3v) is 8.47. The van der Waals surface area contributed by atoms with Gasteiger partial charge in [-0.25, -0.2) is 13.4 Å². The monoisotopic (exact) mass is 488 g/mol. The molecule has 0 bridgehead atoms. The molecule has 1 aromatic heterocycles. The molecule has 0 radical (unpaired) electrons. The number of thioether (sulfide) groups is 1. The summed E-state index contributed by atoms with van der Waals surface area (Å²) in [4.78, 5) is 19.1. The van der Waals surface area contributed by atoms with Crippen LogP contribution in [0.1, 0.15) is 39.0 Å². The molecule has 0 aliphatic carbocycles. The molecular formula is C22H28N6O3S2. The molecule has 0 unspecified atom stereocenters. The number of aryl methyl sites for hydroxylation is 1. The number of aromatic nitrogens is 2. The van der Waals surface area contributed by atoms with Crippen LogP contribution in [0.25, 0.3) is 11.0 Å². The number of carbonyl (C=O) groups excluding carboxylic acids is 1. The number of hydrogen-bond donors (Lipinski definition) is 0. The van der Waals surface area contributed by atoms with Crippen LogP contribution >= 0.6 is 11.8 Å². The van der Waals surface area contributed by atoms with Gasteiger partial charge in [0.2, 0.25) is 15.9 Å². The summed E-state index contributed by atoms with van der Waals surface area (Å²) in [6, 6.07) is 9.08. The van der Waals surface area contributed by atoms with Crippen LogP contribution in [0.3, 0.4) is 0 Å². The van der Waals surface area contributed by atoms with Crippen molar-refractivity contribution in [3.63, 3.8) is 0 Å². The SMILES string of the molecule is CCn1c(SCC(=O)N(CCC#N)CCC#N)nc2cc(S(=O)(=O)N3CCCCC3)ccc21. The average Bonchev–Trinajstić information content (AvgIpc) is 3.19. The molecule has 2 heterocycles. The predicted molar refractivity (Wildman–Crippen MR) is 126 cm³/mol. The van der Waals surface area contributed by atoms with E-state index in [1.807, 2.05) is 23.6 Å². The Labute approximate surface area is 199 Å². The lowest BCUT2D eigenvalue weighted by Crippen LogP contribution is -2.35. The summed E-state index contributed by atoms with van der Waals surface area (Å²) in [5, 5.41) is 18.3. The summed E-state index contributed by atoms with van der Waals surface area (Å²) in [6.45, 7) is 4.26. The number of benzene rings is 1. The molecule has 1 amide bonds. The van der Waals surface area contributed by atoms with E-state index >= 15 is 0 Å². The summed E-state index contributed by atoms with van der Waals surface area (Å²) < 4.78 is 29.6. The fraction of sp³-hybridized carbons (Fsp3) is 0.545. The molecule has 1 fully saturated rings. The molecule has 176 valence electrons. The number of sulfonamides is 1. The van der Waals surface area contributed by atoms with Crippen molar-refractivity contribution in [2.24, 2.45) is 0 Å². The molecule has 3 rings (SSSR count). The van der Waals surface area contributed by atoms with Crippen LogP contribution in [0.5, 0.6) is 0 Å². The van der Waals surface area contributed by atoms with E-state index in [1.165, 1.54) is 16.7 Å². The van der Waals surface area contributed by atoms with Gasteiger partial charge in [0.25, 0.3) is 0 Å². The topological polar surface area (TPSA) is 123 Å². The van der Waals surface area contributed by atoms with Crippen molar-refractivity contribution >= 4 is 38.7 Å². The van der Waals surface area contributed by atoms with Crippen LogP contribution in [0.4, 0.5) is 0 Å². The highest BCUT2D eigenvalue weighted by Gasteiger charge is 2.27. The highest BCUT2D eigenvalue weighted by Crippen LogP contribution is 2.28. The molecule has 11 heteroatoms. The van der Waals surface area contributed by atoms with Gasteiger partial charge < -0.3 is 9.47 Å². The number of carbonyl (C=O) groups is 1. The van der Waals surface area contributed by atoms with Crippen LogP contribution < -0.4 is 0 Å². The number of hydrogen-bond acceptors (Lipinski definition) is 7. The summed E-state index contributed by atoms with van der Waals surface area (Å²) in [7, 11) is -3.55. The largest absolute Gasteiger partial charge is 0.340 e. The van der Waals surface area contributed by atoms with Crippen LogP contribution in [0, 0.1) is 22.7 Å². The molecule has 1 aliphatic heterocycles. The maximum absolute atomic E-state index is 13.0. The Bertz CT molecular complexity index is 1160. The quantitative estimate of drug-likeness (QED) is 0.471. The number of amides is 1. The Morgan fingerprint density at radius 3 is 2.42 bits per heavy atom. The number of fused-ring (bicyclic) bond motifs is 1. The van der Waals surface area contributed by atoms with Gasteiger partial charge in [-0.15, -0.1) is 0 Å². The maximum atomic E-state index is 13.0. The van der Waals surface area contributed by atoms with E-state index in [4.69, 9.17) is 10.5 Å². The summed E-state index contributed by atoms with van der Waals surface area (Å²) >= 11 is 1.28. The third-order valence-electron chi connectivity index (χ3n) is 5.62. The molecular weight excluding hydrogens is 460 g/mol. The molecule has 1 aromatic carbocycles. The van der Waals surface area contributed by atoms with Gasteiger partial charge in [0, 0.05) is 32.7 Å². The normalized spacial score (nSPS) is 14.6. The Kier molecular flexibility index (Phi) is 8.73. The molecule has 0 N–H and O–H groups in total. The van der Waals surface area contributed by atoms with Crippen molar-refractivity contribution in [3.05, 3.63) is 18.2 Å². The Morgan fingerprint density at radius 1 is 1.15 bits per heavy atom. The first kappa shape index (κ1) is 25.0. The van der Waals surface area contributed by atoms with Gasteiger partial charge in [-0.05, 0) is 38.0 Å². The standard InChI is InChI=1S/C22H28N6O3S2/c1-2-28-20-9-8-18(33(30,31)27-14-4-3-5-15-27)16-19(20)25-22(28)32-17-21(29)26(12-6-10-23)13-7-11-24/h8-9,16H,2-7,12-15,17H2,1H3. The van der Waals surface area contributed by atoms with E-state index in [0.717, 1.165) is 24.8 Å². The minimum absolute atomic E-state index is 0.124. The summed E-state index contributed by atoms with van der Waals surface area (Å²) in [5.41, 5.74) is 1.39. The van der Waals surface area contributed by atoms with Gasteiger partial charge in [-0.2, -0.15) is 14.8 Å². The lowest BCUT2D eigenvalue weighted by Gasteiger charge is -2.25. The molecule has 0 spiro atoms. The van der Waals surface area contributed by atoms with E-state index < -0.39 is 10.0 Å². The second-order valence-corrected chi connectivity index (χ2v) is 10.6. The Morgan fingerprint density at radius 2 is 1.82 bits per heavy atom. The number of nitriles is 2. The molecule has 2 aromatic rings. The first-order valence-corrected chi connectivity index (χ1v) is 13.5. The third kappa shape index (κ3) is 5.85. The van der Waals surface area contributed by atoms with Crippen LogP contribution in [0.15, 0.2) is 28.3 Å². The highest BCUT2D eigenvalue weighted by atomic mass is 32.2.